The molecule has 0 amide bonds. The van der Waals surface area contributed by atoms with E-state index in [1.165, 1.54) is 10.1 Å². The minimum Gasteiger partial charge on any atom is -0.384 e. The average Bonchev–Trinajstić information content (AvgIpc) is 2.67. The van der Waals surface area contributed by atoms with Crippen LogP contribution in [0.5, 0.6) is 0 Å². The van der Waals surface area contributed by atoms with Gasteiger partial charge in [-0.2, -0.15) is 0 Å². The zero-order chi connectivity index (χ0) is 12.4. The molecule has 0 atom stereocenters. The Kier molecular flexibility index (Phi) is 3.11. The van der Waals surface area contributed by atoms with Crippen molar-refractivity contribution in [3.63, 3.8) is 0 Å². The summed E-state index contributed by atoms with van der Waals surface area (Å²) in [6.07, 6.45) is 3.71. The zero-order valence-electron chi connectivity index (χ0n) is 9.66. The lowest BCUT2D eigenvalue weighted by Crippen LogP contribution is -2.11. The van der Waals surface area contributed by atoms with Crippen molar-refractivity contribution in [2.75, 3.05) is 0 Å². The number of rotatable bonds is 3. The zero-order valence-corrected chi connectivity index (χ0v) is 10.5. The molecule has 0 unspecified atom stereocenters. The van der Waals surface area contributed by atoms with Crippen LogP contribution in [0.1, 0.15) is 17.4 Å². The lowest BCUT2D eigenvalue weighted by molar-refractivity contribution is 1.46. The topological polar surface area (TPSA) is 49.9 Å². The Labute approximate surface area is 105 Å². The molecule has 1 aromatic heterocycles. The second-order valence-corrected chi connectivity index (χ2v) is 4.71. The number of benzene rings is 1. The Morgan fingerprint density at radius 2 is 2.12 bits per heavy atom. The van der Waals surface area contributed by atoms with Crippen LogP contribution in [0.15, 0.2) is 36.9 Å². The molecule has 3 N–H and O–H groups in total. The van der Waals surface area contributed by atoms with Crippen molar-refractivity contribution < 1.29 is 0 Å². The van der Waals surface area contributed by atoms with Gasteiger partial charge in [0.15, 0.2) is 0 Å². The fourth-order valence-corrected chi connectivity index (χ4v) is 3.17. The van der Waals surface area contributed by atoms with Crippen molar-refractivity contribution in [3.05, 3.63) is 47.4 Å². The van der Waals surface area contributed by atoms with E-state index in [4.69, 9.17) is 11.1 Å². The summed E-state index contributed by atoms with van der Waals surface area (Å²) in [6.45, 7) is 5.75. The molecule has 86 valence electrons. The van der Waals surface area contributed by atoms with Gasteiger partial charge in [-0.25, -0.2) is 0 Å². The minimum absolute atomic E-state index is 0.0992. The van der Waals surface area contributed by atoms with E-state index in [0.717, 1.165) is 16.0 Å². The Bertz CT molecular complexity index is 620. The smallest absolute Gasteiger partial charge is 0.123 e. The molecule has 0 bridgehead atoms. The number of hydrogen-bond acceptors (Lipinski definition) is 2. The maximum Gasteiger partial charge on any atom is 0.123 e. The normalized spacial score (nSPS) is 11.7. The highest BCUT2D eigenvalue weighted by molar-refractivity contribution is 7.20. The van der Waals surface area contributed by atoms with Gasteiger partial charge in [0, 0.05) is 26.1 Å². The van der Waals surface area contributed by atoms with Crippen LogP contribution in [0.4, 0.5) is 0 Å². The number of amidine groups is 1. The number of hydrogen-bond donors (Lipinski definition) is 2. The van der Waals surface area contributed by atoms with Crippen molar-refractivity contribution in [2.45, 2.75) is 6.92 Å². The van der Waals surface area contributed by atoms with Crippen LogP contribution in [-0.2, 0) is 0 Å². The molecular weight excluding hydrogens is 228 g/mol. The number of allylic oxidation sites excluding steroid dienone is 1. The summed E-state index contributed by atoms with van der Waals surface area (Å²) < 4.78 is 1.19. The third-order valence-corrected chi connectivity index (χ3v) is 3.88. The number of thiophene rings is 1. The second-order valence-electron chi connectivity index (χ2n) is 3.66. The van der Waals surface area contributed by atoms with Gasteiger partial charge >= 0.3 is 0 Å². The molecule has 0 radical (unpaired) electrons. The van der Waals surface area contributed by atoms with Crippen LogP contribution in [0.2, 0.25) is 0 Å². The van der Waals surface area contributed by atoms with Crippen LogP contribution >= 0.6 is 11.3 Å². The van der Waals surface area contributed by atoms with E-state index >= 15 is 0 Å². The van der Waals surface area contributed by atoms with Crippen molar-refractivity contribution in [3.8, 4) is 0 Å². The molecular formula is C14H14N2S. The highest BCUT2D eigenvalue weighted by Crippen LogP contribution is 2.36. The molecule has 0 aliphatic carbocycles. The monoisotopic (exact) mass is 242 g/mol. The van der Waals surface area contributed by atoms with Crippen molar-refractivity contribution in [1.29, 1.82) is 5.41 Å². The SMILES string of the molecule is C=Cc1c(/C(=C\C)C(=N)N)sc2ccccc12. The number of fused-ring (bicyclic) bond motifs is 1. The number of nitrogens with one attached hydrogen (secondary N) is 1. The van der Waals surface area contributed by atoms with Crippen molar-refractivity contribution in [2.24, 2.45) is 5.73 Å². The Morgan fingerprint density at radius 1 is 1.41 bits per heavy atom. The van der Waals surface area contributed by atoms with E-state index in [9.17, 15) is 0 Å². The molecule has 2 nitrogen and oxygen atoms in total. The van der Waals surface area contributed by atoms with Gasteiger partial charge in [-0.05, 0) is 13.0 Å². The largest absolute Gasteiger partial charge is 0.384 e. The fraction of sp³-hybridized carbons (Fsp3) is 0.0714. The van der Waals surface area contributed by atoms with E-state index < -0.39 is 0 Å². The first-order valence-electron chi connectivity index (χ1n) is 5.34. The van der Waals surface area contributed by atoms with Gasteiger partial charge < -0.3 is 5.73 Å². The first kappa shape index (κ1) is 11.6. The lowest BCUT2D eigenvalue weighted by Gasteiger charge is -2.03. The van der Waals surface area contributed by atoms with Gasteiger partial charge in [0.1, 0.15) is 5.84 Å². The molecule has 1 heterocycles. The maximum atomic E-state index is 7.62. The average molecular weight is 242 g/mol. The van der Waals surface area contributed by atoms with Gasteiger partial charge in [-0.3, -0.25) is 5.41 Å². The van der Waals surface area contributed by atoms with Gasteiger partial charge in [-0.15, -0.1) is 11.3 Å². The summed E-state index contributed by atoms with van der Waals surface area (Å²) in [6, 6.07) is 8.16. The van der Waals surface area contributed by atoms with Gasteiger partial charge in [0.25, 0.3) is 0 Å². The first-order valence-corrected chi connectivity index (χ1v) is 6.15. The molecule has 2 aromatic rings. The number of nitrogens with two attached hydrogens (primary N) is 1. The Hall–Kier alpha value is -1.87. The van der Waals surface area contributed by atoms with Crippen LogP contribution in [0, 0.1) is 5.41 Å². The predicted octanol–water partition coefficient (Wildman–Crippen LogP) is 3.88. The fourth-order valence-electron chi connectivity index (χ4n) is 1.88. The molecule has 0 saturated carbocycles. The molecule has 1 aromatic carbocycles. The molecule has 0 saturated heterocycles. The summed E-state index contributed by atoms with van der Waals surface area (Å²) in [5, 5.41) is 8.79. The quantitative estimate of drug-likeness (QED) is 0.622. The summed E-state index contributed by atoms with van der Waals surface area (Å²) in [7, 11) is 0. The van der Waals surface area contributed by atoms with E-state index in [2.05, 4.69) is 18.7 Å². The standard InChI is InChI=1S/C14H14N2S/c1-3-9-11-7-5-6-8-12(11)17-13(9)10(4-2)14(15)16/h3-8H,1H2,2H3,(H3,15,16)/b10-4+. The van der Waals surface area contributed by atoms with Crippen LogP contribution in [-0.4, -0.2) is 5.84 Å². The van der Waals surface area contributed by atoms with Gasteiger partial charge in [0.2, 0.25) is 0 Å². The van der Waals surface area contributed by atoms with Crippen molar-refractivity contribution in [1.82, 2.24) is 0 Å². The van der Waals surface area contributed by atoms with Crippen LogP contribution in [0.25, 0.3) is 21.7 Å². The lowest BCUT2D eigenvalue weighted by atomic mass is 10.1. The van der Waals surface area contributed by atoms with E-state index in [-0.39, 0.29) is 5.84 Å². The molecule has 0 aliphatic rings. The first-order chi connectivity index (χ1) is 8.19. The predicted molar refractivity (Wildman–Crippen MR) is 77.5 cm³/mol. The summed E-state index contributed by atoms with van der Waals surface area (Å²) in [4.78, 5) is 1.02. The van der Waals surface area contributed by atoms with E-state index in [0.29, 0.717) is 0 Å². The van der Waals surface area contributed by atoms with Crippen LogP contribution < -0.4 is 5.73 Å². The van der Waals surface area contributed by atoms with Crippen LogP contribution in [0.3, 0.4) is 0 Å². The van der Waals surface area contributed by atoms with E-state index in [1.807, 2.05) is 31.2 Å². The highest BCUT2D eigenvalue weighted by atomic mass is 32.1. The van der Waals surface area contributed by atoms with Gasteiger partial charge in [0.05, 0.1) is 0 Å². The van der Waals surface area contributed by atoms with E-state index in [1.54, 1.807) is 11.3 Å². The third kappa shape index (κ3) is 1.89. The summed E-state index contributed by atoms with van der Waals surface area (Å²) in [5.74, 6) is 0.0992. The molecule has 3 heteroatoms. The minimum atomic E-state index is 0.0992. The molecule has 0 aliphatic heterocycles. The molecule has 2 rings (SSSR count). The molecule has 0 fully saturated rings. The highest BCUT2D eigenvalue weighted by Gasteiger charge is 2.14. The van der Waals surface area contributed by atoms with Crippen molar-refractivity contribution >= 4 is 38.9 Å². The Morgan fingerprint density at radius 3 is 2.71 bits per heavy atom. The Balaban J connectivity index is 2.77. The van der Waals surface area contributed by atoms with Gasteiger partial charge in [-0.1, -0.05) is 36.9 Å². The third-order valence-electron chi connectivity index (χ3n) is 2.66. The molecule has 0 spiro atoms. The summed E-state index contributed by atoms with van der Waals surface area (Å²) >= 11 is 1.65. The maximum absolute atomic E-state index is 7.62. The summed E-state index contributed by atoms with van der Waals surface area (Å²) in [5.41, 5.74) is 7.45. The molecule has 17 heavy (non-hydrogen) atoms. The second kappa shape index (κ2) is 4.55.